The summed E-state index contributed by atoms with van der Waals surface area (Å²) in [5.41, 5.74) is 5.06. The summed E-state index contributed by atoms with van der Waals surface area (Å²) in [6.45, 7) is 12.5. The quantitative estimate of drug-likeness (QED) is 0.546. The highest BCUT2D eigenvalue weighted by molar-refractivity contribution is 5.77. The standard InChI is InChI=1S/C14H22N2.C2H6/c1-11(2)15(5)13-9-7-8-10-14(13)16(6)12(3)4;1-2/h7-10H,1-6H3;1-2H3/q+2;. The van der Waals surface area contributed by atoms with E-state index in [-0.39, 0.29) is 0 Å². The summed E-state index contributed by atoms with van der Waals surface area (Å²) in [6, 6.07) is 8.47. The molecule has 1 aromatic rings. The SMILES string of the molecule is CC.CC(C)=[N+](C)c1ccccc1[N+](C)=C(C)C. The van der Waals surface area contributed by atoms with Crippen LogP contribution in [0.5, 0.6) is 0 Å². The molecule has 0 radical (unpaired) electrons. The van der Waals surface area contributed by atoms with Gasteiger partial charge >= 0.3 is 0 Å². The van der Waals surface area contributed by atoms with Gasteiger partial charge in [0.05, 0.1) is 0 Å². The summed E-state index contributed by atoms with van der Waals surface area (Å²) in [5, 5.41) is 0. The molecule has 0 unspecified atom stereocenters. The maximum Gasteiger partial charge on any atom is 0.277 e. The van der Waals surface area contributed by atoms with Crippen LogP contribution in [-0.4, -0.2) is 34.7 Å². The van der Waals surface area contributed by atoms with E-state index in [1.807, 2.05) is 13.8 Å². The van der Waals surface area contributed by atoms with Crippen molar-refractivity contribution in [2.45, 2.75) is 41.5 Å². The van der Waals surface area contributed by atoms with Gasteiger partial charge in [-0.1, -0.05) is 26.0 Å². The first-order valence-corrected chi connectivity index (χ1v) is 6.62. The number of nitrogens with zero attached hydrogens (tertiary/aromatic N) is 2. The first-order valence-electron chi connectivity index (χ1n) is 6.62. The summed E-state index contributed by atoms with van der Waals surface area (Å²) in [6.07, 6.45) is 0. The van der Waals surface area contributed by atoms with Crippen molar-refractivity contribution in [3.63, 3.8) is 0 Å². The van der Waals surface area contributed by atoms with Crippen LogP contribution in [-0.2, 0) is 0 Å². The van der Waals surface area contributed by atoms with Gasteiger partial charge in [-0.05, 0) is 0 Å². The Hall–Kier alpha value is -1.44. The molecule has 0 aliphatic rings. The van der Waals surface area contributed by atoms with Crippen LogP contribution >= 0.6 is 0 Å². The molecular weight excluding hydrogens is 220 g/mol. The van der Waals surface area contributed by atoms with E-state index < -0.39 is 0 Å². The largest absolute Gasteiger partial charge is 0.277 e. The molecule has 2 nitrogen and oxygen atoms in total. The molecule has 0 saturated heterocycles. The Bertz CT molecular complexity index is 403. The van der Waals surface area contributed by atoms with Crippen LogP contribution in [0.25, 0.3) is 0 Å². The zero-order valence-electron chi connectivity index (χ0n) is 13.2. The molecular formula is C16H28N2+2. The van der Waals surface area contributed by atoms with Crippen molar-refractivity contribution in [1.82, 2.24) is 0 Å². The minimum atomic E-state index is 1.24. The summed E-state index contributed by atoms with van der Waals surface area (Å²) >= 11 is 0. The monoisotopic (exact) mass is 248 g/mol. The van der Waals surface area contributed by atoms with Crippen molar-refractivity contribution >= 4 is 22.8 Å². The van der Waals surface area contributed by atoms with Gasteiger partial charge in [0.1, 0.15) is 14.1 Å². The van der Waals surface area contributed by atoms with Gasteiger partial charge in [-0.15, -0.1) is 0 Å². The molecule has 1 aromatic carbocycles. The van der Waals surface area contributed by atoms with Gasteiger partial charge in [0.15, 0.2) is 11.4 Å². The molecule has 0 spiro atoms. The molecule has 0 atom stereocenters. The third-order valence-corrected chi connectivity index (χ3v) is 2.95. The van der Waals surface area contributed by atoms with Crippen LogP contribution in [0.1, 0.15) is 41.5 Å². The molecule has 0 aromatic heterocycles. The lowest BCUT2D eigenvalue weighted by atomic mass is 10.2. The summed E-state index contributed by atoms with van der Waals surface area (Å²) in [5.74, 6) is 0. The van der Waals surface area contributed by atoms with Crippen LogP contribution in [0.15, 0.2) is 24.3 Å². The predicted molar refractivity (Wildman–Crippen MR) is 82.2 cm³/mol. The van der Waals surface area contributed by atoms with Crippen molar-refractivity contribution in [3.8, 4) is 0 Å². The average Bonchev–Trinajstić information content (AvgIpc) is 2.39. The zero-order chi connectivity index (χ0) is 14.3. The van der Waals surface area contributed by atoms with Crippen molar-refractivity contribution in [1.29, 1.82) is 0 Å². The summed E-state index contributed by atoms with van der Waals surface area (Å²) < 4.78 is 4.43. The lowest BCUT2D eigenvalue weighted by Gasteiger charge is -2.03. The number of benzene rings is 1. The number of rotatable bonds is 2. The summed E-state index contributed by atoms with van der Waals surface area (Å²) in [7, 11) is 4.21. The molecule has 0 aliphatic heterocycles. The normalized spacial score (nSPS) is 9.11. The number of para-hydroxylation sites is 2. The van der Waals surface area contributed by atoms with E-state index in [0.29, 0.717) is 0 Å². The zero-order valence-corrected chi connectivity index (χ0v) is 13.2. The number of hydrogen-bond acceptors (Lipinski definition) is 0. The van der Waals surface area contributed by atoms with Crippen LogP contribution in [0.3, 0.4) is 0 Å². The highest BCUT2D eigenvalue weighted by atomic mass is 15.1. The van der Waals surface area contributed by atoms with Crippen LogP contribution in [0.4, 0.5) is 11.4 Å². The Kier molecular flexibility index (Phi) is 7.18. The van der Waals surface area contributed by atoms with Crippen LogP contribution in [0.2, 0.25) is 0 Å². The van der Waals surface area contributed by atoms with Crippen molar-refractivity contribution < 1.29 is 9.15 Å². The Labute approximate surface area is 112 Å². The highest BCUT2D eigenvalue weighted by Gasteiger charge is 2.19. The molecule has 1 rings (SSSR count). The third kappa shape index (κ3) is 4.10. The fourth-order valence-electron chi connectivity index (χ4n) is 1.51. The second-order valence-electron chi connectivity index (χ2n) is 4.50. The molecule has 0 bridgehead atoms. The van der Waals surface area contributed by atoms with Gasteiger partial charge in [-0.3, -0.25) is 0 Å². The second-order valence-corrected chi connectivity index (χ2v) is 4.50. The Balaban J connectivity index is 0.00000137. The van der Waals surface area contributed by atoms with E-state index in [1.165, 1.54) is 22.8 Å². The lowest BCUT2D eigenvalue weighted by Crippen LogP contribution is -2.11. The van der Waals surface area contributed by atoms with E-state index in [9.17, 15) is 0 Å². The van der Waals surface area contributed by atoms with E-state index in [1.54, 1.807) is 0 Å². The average molecular weight is 248 g/mol. The minimum absolute atomic E-state index is 1.24. The fourth-order valence-corrected chi connectivity index (χ4v) is 1.51. The molecule has 18 heavy (non-hydrogen) atoms. The fraction of sp³-hybridized carbons (Fsp3) is 0.500. The molecule has 0 saturated carbocycles. The van der Waals surface area contributed by atoms with Gasteiger partial charge < -0.3 is 0 Å². The molecule has 0 aliphatic carbocycles. The molecule has 2 heteroatoms. The van der Waals surface area contributed by atoms with Crippen LogP contribution < -0.4 is 0 Å². The smallest absolute Gasteiger partial charge is 0.198 e. The molecule has 0 heterocycles. The van der Waals surface area contributed by atoms with Gasteiger partial charge in [0.2, 0.25) is 0 Å². The minimum Gasteiger partial charge on any atom is -0.198 e. The van der Waals surface area contributed by atoms with Crippen molar-refractivity contribution in [2.75, 3.05) is 14.1 Å². The molecule has 0 fully saturated rings. The van der Waals surface area contributed by atoms with Gasteiger partial charge in [0.25, 0.3) is 11.4 Å². The van der Waals surface area contributed by atoms with E-state index in [0.717, 1.165) is 0 Å². The van der Waals surface area contributed by atoms with E-state index >= 15 is 0 Å². The number of hydrogen-bond donors (Lipinski definition) is 0. The van der Waals surface area contributed by atoms with Crippen LogP contribution in [0, 0.1) is 0 Å². The molecule has 0 amide bonds. The van der Waals surface area contributed by atoms with Crippen molar-refractivity contribution in [2.24, 2.45) is 0 Å². The predicted octanol–water partition coefficient (Wildman–Crippen LogP) is 4.22. The maximum absolute atomic E-state index is 2.22. The second kappa shape index (κ2) is 7.80. The van der Waals surface area contributed by atoms with Gasteiger partial charge in [0, 0.05) is 39.8 Å². The van der Waals surface area contributed by atoms with E-state index in [2.05, 4.69) is 75.2 Å². The van der Waals surface area contributed by atoms with E-state index in [4.69, 9.17) is 0 Å². The van der Waals surface area contributed by atoms with Gasteiger partial charge in [-0.25, -0.2) is 0 Å². The molecule has 0 N–H and O–H groups in total. The highest BCUT2D eigenvalue weighted by Crippen LogP contribution is 2.25. The van der Waals surface area contributed by atoms with Crippen molar-refractivity contribution in [3.05, 3.63) is 24.3 Å². The summed E-state index contributed by atoms with van der Waals surface area (Å²) in [4.78, 5) is 0. The molecule has 100 valence electrons. The Morgan fingerprint density at radius 3 is 1.22 bits per heavy atom. The third-order valence-electron chi connectivity index (χ3n) is 2.95. The Morgan fingerprint density at radius 2 is 1.00 bits per heavy atom. The maximum atomic E-state index is 2.22. The van der Waals surface area contributed by atoms with Gasteiger partial charge in [-0.2, -0.15) is 9.15 Å². The topological polar surface area (TPSA) is 6.02 Å². The Morgan fingerprint density at radius 1 is 0.722 bits per heavy atom. The lowest BCUT2D eigenvalue weighted by molar-refractivity contribution is -0.442. The first kappa shape index (κ1) is 16.6. The first-order chi connectivity index (χ1) is 8.45.